The van der Waals surface area contributed by atoms with Gasteiger partial charge < -0.3 is 14.5 Å². The molecule has 0 radical (unpaired) electrons. The van der Waals surface area contributed by atoms with Crippen LogP contribution in [0, 0.1) is 0 Å². The SMILES string of the molecule is COc1ccc(CN(C(=O)CN2CCCCC2=O)C2CC2)cc1. The summed E-state index contributed by atoms with van der Waals surface area (Å²) in [5, 5.41) is 0. The molecule has 1 heterocycles. The first-order valence-corrected chi connectivity index (χ1v) is 8.37. The molecule has 2 amide bonds. The molecule has 1 aromatic rings. The third-order valence-corrected chi connectivity index (χ3v) is 4.57. The summed E-state index contributed by atoms with van der Waals surface area (Å²) in [6.45, 7) is 1.55. The number of nitrogens with zero attached hydrogens (tertiary/aromatic N) is 2. The van der Waals surface area contributed by atoms with Gasteiger partial charge in [0.15, 0.2) is 0 Å². The number of ether oxygens (including phenoxy) is 1. The monoisotopic (exact) mass is 316 g/mol. The highest BCUT2D eigenvalue weighted by molar-refractivity contribution is 5.85. The number of hydrogen-bond donors (Lipinski definition) is 0. The molecule has 2 aliphatic rings. The van der Waals surface area contributed by atoms with Crippen molar-refractivity contribution in [3.63, 3.8) is 0 Å². The lowest BCUT2D eigenvalue weighted by Gasteiger charge is -2.30. The average Bonchev–Trinajstić information content (AvgIpc) is 3.40. The number of methoxy groups -OCH3 is 1. The van der Waals surface area contributed by atoms with Crippen LogP contribution < -0.4 is 4.74 Å². The number of amides is 2. The lowest BCUT2D eigenvalue weighted by atomic mass is 10.1. The summed E-state index contributed by atoms with van der Waals surface area (Å²) < 4.78 is 5.17. The van der Waals surface area contributed by atoms with Gasteiger partial charge in [0.05, 0.1) is 13.7 Å². The van der Waals surface area contributed by atoms with Crippen LogP contribution >= 0.6 is 0 Å². The fourth-order valence-corrected chi connectivity index (χ4v) is 3.02. The zero-order chi connectivity index (χ0) is 16.2. The van der Waals surface area contributed by atoms with Crippen LogP contribution in [0.15, 0.2) is 24.3 Å². The van der Waals surface area contributed by atoms with Gasteiger partial charge in [-0.15, -0.1) is 0 Å². The third-order valence-electron chi connectivity index (χ3n) is 4.57. The normalized spacial score (nSPS) is 18.0. The van der Waals surface area contributed by atoms with Crippen molar-refractivity contribution < 1.29 is 14.3 Å². The van der Waals surface area contributed by atoms with Crippen LogP contribution in [0.3, 0.4) is 0 Å². The second kappa shape index (κ2) is 7.02. The fraction of sp³-hybridized carbons (Fsp3) is 0.556. The van der Waals surface area contributed by atoms with E-state index in [1.54, 1.807) is 12.0 Å². The Kier molecular flexibility index (Phi) is 4.84. The summed E-state index contributed by atoms with van der Waals surface area (Å²) in [6.07, 6.45) is 4.66. The molecule has 1 aliphatic heterocycles. The summed E-state index contributed by atoms with van der Waals surface area (Å²) in [5.41, 5.74) is 1.09. The zero-order valence-corrected chi connectivity index (χ0v) is 13.7. The molecule has 1 saturated carbocycles. The number of carbonyl (C=O) groups is 2. The molecule has 0 aromatic heterocycles. The predicted molar refractivity (Wildman–Crippen MR) is 87.0 cm³/mol. The van der Waals surface area contributed by atoms with E-state index in [1.807, 2.05) is 29.2 Å². The van der Waals surface area contributed by atoms with Crippen molar-refractivity contribution in [2.24, 2.45) is 0 Å². The van der Waals surface area contributed by atoms with Crippen LogP contribution in [-0.4, -0.2) is 47.9 Å². The summed E-state index contributed by atoms with van der Waals surface area (Å²) in [4.78, 5) is 28.2. The quantitative estimate of drug-likeness (QED) is 0.808. The van der Waals surface area contributed by atoms with E-state index in [-0.39, 0.29) is 18.4 Å². The van der Waals surface area contributed by atoms with Crippen LogP contribution in [0.1, 0.15) is 37.7 Å². The van der Waals surface area contributed by atoms with Crippen molar-refractivity contribution >= 4 is 11.8 Å². The van der Waals surface area contributed by atoms with E-state index in [4.69, 9.17) is 4.74 Å². The number of likely N-dealkylation sites (tertiary alicyclic amines) is 1. The van der Waals surface area contributed by atoms with E-state index in [0.717, 1.165) is 37.0 Å². The Hall–Kier alpha value is -2.04. The molecule has 5 heteroatoms. The highest BCUT2D eigenvalue weighted by atomic mass is 16.5. The number of carbonyl (C=O) groups excluding carboxylic acids is 2. The molecule has 1 aliphatic carbocycles. The minimum absolute atomic E-state index is 0.0681. The Morgan fingerprint density at radius 1 is 1.26 bits per heavy atom. The van der Waals surface area contributed by atoms with Gasteiger partial charge in [0.1, 0.15) is 5.75 Å². The molecule has 1 aromatic carbocycles. The molecule has 2 fully saturated rings. The molecule has 0 N–H and O–H groups in total. The lowest BCUT2D eigenvalue weighted by Crippen LogP contribution is -2.45. The Balaban J connectivity index is 1.63. The Labute approximate surface area is 137 Å². The van der Waals surface area contributed by atoms with Gasteiger partial charge in [-0.2, -0.15) is 0 Å². The molecular formula is C18H24N2O3. The standard InChI is InChI=1S/C18H24N2O3/c1-23-16-9-5-14(6-10-16)12-20(15-7-8-15)18(22)13-19-11-3-2-4-17(19)21/h5-6,9-10,15H,2-4,7-8,11-13H2,1H3. The minimum Gasteiger partial charge on any atom is -0.497 e. The van der Waals surface area contributed by atoms with Crippen LogP contribution in [0.5, 0.6) is 5.75 Å². The highest BCUT2D eigenvalue weighted by Gasteiger charge is 2.34. The number of piperidine rings is 1. The maximum Gasteiger partial charge on any atom is 0.242 e. The summed E-state index contributed by atoms with van der Waals surface area (Å²) in [6, 6.07) is 8.16. The van der Waals surface area contributed by atoms with Crippen molar-refractivity contribution in [2.75, 3.05) is 20.2 Å². The molecule has 124 valence electrons. The Morgan fingerprint density at radius 2 is 2.00 bits per heavy atom. The van der Waals surface area contributed by atoms with Crippen LogP contribution in [0.2, 0.25) is 0 Å². The predicted octanol–water partition coefficient (Wildman–Crippen LogP) is 2.20. The number of hydrogen-bond acceptors (Lipinski definition) is 3. The molecule has 0 unspecified atom stereocenters. The van der Waals surface area contributed by atoms with Gasteiger partial charge in [-0.1, -0.05) is 12.1 Å². The van der Waals surface area contributed by atoms with Crippen LogP contribution in [0.25, 0.3) is 0 Å². The maximum atomic E-state index is 12.7. The summed E-state index contributed by atoms with van der Waals surface area (Å²) in [7, 11) is 1.64. The second-order valence-electron chi connectivity index (χ2n) is 6.37. The largest absolute Gasteiger partial charge is 0.497 e. The molecule has 23 heavy (non-hydrogen) atoms. The van der Waals surface area contributed by atoms with Gasteiger partial charge in [0.25, 0.3) is 0 Å². The van der Waals surface area contributed by atoms with Crippen molar-refractivity contribution in [2.45, 2.75) is 44.7 Å². The molecule has 3 rings (SSSR count). The van der Waals surface area contributed by atoms with E-state index >= 15 is 0 Å². The number of benzene rings is 1. The van der Waals surface area contributed by atoms with E-state index < -0.39 is 0 Å². The van der Waals surface area contributed by atoms with E-state index in [1.165, 1.54) is 0 Å². The Bertz CT molecular complexity index is 566. The van der Waals surface area contributed by atoms with E-state index in [0.29, 0.717) is 25.6 Å². The van der Waals surface area contributed by atoms with E-state index in [2.05, 4.69) is 0 Å². The second-order valence-corrected chi connectivity index (χ2v) is 6.37. The van der Waals surface area contributed by atoms with Crippen LogP contribution in [0.4, 0.5) is 0 Å². The van der Waals surface area contributed by atoms with Crippen molar-refractivity contribution in [1.29, 1.82) is 0 Å². The summed E-state index contributed by atoms with van der Waals surface area (Å²) in [5.74, 6) is 1.00. The third kappa shape index (κ3) is 4.03. The zero-order valence-electron chi connectivity index (χ0n) is 13.7. The van der Waals surface area contributed by atoms with Crippen molar-refractivity contribution in [3.8, 4) is 5.75 Å². The average molecular weight is 316 g/mol. The van der Waals surface area contributed by atoms with Gasteiger partial charge in [-0.05, 0) is 43.4 Å². The maximum absolute atomic E-state index is 12.7. The molecule has 0 spiro atoms. The molecular weight excluding hydrogens is 292 g/mol. The van der Waals surface area contributed by atoms with Gasteiger partial charge in [0.2, 0.25) is 11.8 Å². The molecule has 0 atom stereocenters. The first kappa shape index (κ1) is 15.8. The van der Waals surface area contributed by atoms with Gasteiger partial charge in [-0.25, -0.2) is 0 Å². The highest BCUT2D eigenvalue weighted by Crippen LogP contribution is 2.29. The first-order chi connectivity index (χ1) is 11.2. The van der Waals surface area contributed by atoms with Crippen LogP contribution in [-0.2, 0) is 16.1 Å². The molecule has 0 bridgehead atoms. The van der Waals surface area contributed by atoms with E-state index in [9.17, 15) is 9.59 Å². The lowest BCUT2D eigenvalue weighted by molar-refractivity contribution is -0.142. The molecule has 1 saturated heterocycles. The summed E-state index contributed by atoms with van der Waals surface area (Å²) >= 11 is 0. The smallest absolute Gasteiger partial charge is 0.242 e. The van der Waals surface area contributed by atoms with Crippen molar-refractivity contribution in [3.05, 3.63) is 29.8 Å². The number of rotatable bonds is 6. The van der Waals surface area contributed by atoms with Gasteiger partial charge >= 0.3 is 0 Å². The van der Waals surface area contributed by atoms with Gasteiger partial charge in [-0.3, -0.25) is 9.59 Å². The van der Waals surface area contributed by atoms with Gasteiger partial charge in [0, 0.05) is 25.6 Å². The first-order valence-electron chi connectivity index (χ1n) is 8.37. The Morgan fingerprint density at radius 3 is 2.61 bits per heavy atom. The fourth-order valence-electron chi connectivity index (χ4n) is 3.02. The molecule has 5 nitrogen and oxygen atoms in total. The minimum atomic E-state index is 0.0681. The van der Waals surface area contributed by atoms with Crippen molar-refractivity contribution in [1.82, 2.24) is 9.80 Å². The topological polar surface area (TPSA) is 49.9 Å².